The smallest absolute Gasteiger partial charge is 0.240 e. The molecule has 0 saturated carbocycles. The summed E-state index contributed by atoms with van der Waals surface area (Å²) < 4.78 is 27.2. The summed E-state index contributed by atoms with van der Waals surface area (Å²) in [5, 5.41) is 0. The van der Waals surface area contributed by atoms with Crippen LogP contribution in [0.25, 0.3) is 0 Å². The van der Waals surface area contributed by atoms with Gasteiger partial charge in [-0.05, 0) is 43.0 Å². The third kappa shape index (κ3) is 4.09. The Labute approximate surface area is 137 Å². The number of hydrogen-bond acceptors (Lipinski definition) is 4. The second-order valence-corrected chi connectivity index (χ2v) is 7.55. The number of piperidine rings is 1. The minimum Gasteiger partial charge on any atom is -0.357 e. The predicted molar refractivity (Wildman–Crippen MR) is 90.8 cm³/mol. The number of nitrogens with one attached hydrogen (secondary N) is 1. The van der Waals surface area contributed by atoms with Crippen LogP contribution in [0.3, 0.4) is 0 Å². The summed E-state index contributed by atoms with van der Waals surface area (Å²) in [6.45, 7) is 2.32. The Kier molecular flexibility index (Phi) is 4.93. The summed E-state index contributed by atoms with van der Waals surface area (Å²) in [6, 6.07) is 14.4. The SMILES string of the molecule is O=S(=O)(NCC1CCN(c2ccccn2)CC1)c1ccccc1. The molecule has 1 aromatic heterocycles. The first kappa shape index (κ1) is 16.0. The lowest BCUT2D eigenvalue weighted by molar-refractivity contribution is 0.400. The minimum atomic E-state index is -3.40. The van der Waals surface area contributed by atoms with Gasteiger partial charge in [0.25, 0.3) is 0 Å². The van der Waals surface area contributed by atoms with Crippen molar-refractivity contribution in [2.75, 3.05) is 24.5 Å². The van der Waals surface area contributed by atoms with Gasteiger partial charge < -0.3 is 4.90 Å². The molecule has 0 aliphatic carbocycles. The Morgan fingerprint density at radius 2 is 1.74 bits per heavy atom. The number of hydrogen-bond donors (Lipinski definition) is 1. The van der Waals surface area contributed by atoms with Crippen LogP contribution < -0.4 is 9.62 Å². The highest BCUT2D eigenvalue weighted by Crippen LogP contribution is 2.21. The Balaban J connectivity index is 1.52. The molecule has 0 unspecified atom stereocenters. The highest BCUT2D eigenvalue weighted by molar-refractivity contribution is 7.89. The Morgan fingerprint density at radius 3 is 2.39 bits per heavy atom. The molecule has 1 aliphatic heterocycles. The largest absolute Gasteiger partial charge is 0.357 e. The molecule has 1 fully saturated rings. The maximum atomic E-state index is 12.2. The topological polar surface area (TPSA) is 62.3 Å². The number of benzene rings is 1. The van der Waals surface area contributed by atoms with Crippen LogP contribution in [0.15, 0.2) is 59.6 Å². The van der Waals surface area contributed by atoms with Gasteiger partial charge in [-0.3, -0.25) is 0 Å². The van der Waals surface area contributed by atoms with Crippen LogP contribution in [0.5, 0.6) is 0 Å². The molecule has 2 heterocycles. The number of rotatable bonds is 5. The van der Waals surface area contributed by atoms with Crippen molar-refractivity contribution in [3.8, 4) is 0 Å². The van der Waals surface area contributed by atoms with Gasteiger partial charge in [0.1, 0.15) is 5.82 Å². The number of anilines is 1. The number of aromatic nitrogens is 1. The summed E-state index contributed by atoms with van der Waals surface area (Å²) in [5.41, 5.74) is 0. The predicted octanol–water partition coefficient (Wildman–Crippen LogP) is 2.28. The lowest BCUT2D eigenvalue weighted by Crippen LogP contribution is -2.39. The molecule has 122 valence electrons. The van der Waals surface area contributed by atoms with Crippen molar-refractivity contribution in [2.24, 2.45) is 5.92 Å². The van der Waals surface area contributed by atoms with Gasteiger partial charge in [0.15, 0.2) is 0 Å². The fourth-order valence-corrected chi connectivity index (χ4v) is 3.95. The molecule has 6 heteroatoms. The van der Waals surface area contributed by atoms with E-state index in [0.717, 1.165) is 31.7 Å². The molecule has 0 amide bonds. The van der Waals surface area contributed by atoms with E-state index >= 15 is 0 Å². The third-order valence-corrected chi connectivity index (χ3v) is 5.64. The molecule has 3 rings (SSSR count). The number of sulfonamides is 1. The molecule has 23 heavy (non-hydrogen) atoms. The van der Waals surface area contributed by atoms with E-state index in [1.807, 2.05) is 24.3 Å². The van der Waals surface area contributed by atoms with E-state index in [9.17, 15) is 8.42 Å². The maximum absolute atomic E-state index is 12.2. The van der Waals surface area contributed by atoms with Gasteiger partial charge in [0, 0.05) is 25.8 Å². The van der Waals surface area contributed by atoms with E-state index in [1.54, 1.807) is 30.5 Å². The van der Waals surface area contributed by atoms with Crippen molar-refractivity contribution in [3.05, 3.63) is 54.7 Å². The van der Waals surface area contributed by atoms with Crippen LogP contribution in [0.4, 0.5) is 5.82 Å². The lowest BCUT2D eigenvalue weighted by Gasteiger charge is -2.32. The van der Waals surface area contributed by atoms with E-state index in [0.29, 0.717) is 17.4 Å². The highest BCUT2D eigenvalue weighted by Gasteiger charge is 2.22. The molecule has 1 aliphatic rings. The average Bonchev–Trinajstić information content (AvgIpc) is 2.62. The van der Waals surface area contributed by atoms with Crippen LogP contribution in [0.1, 0.15) is 12.8 Å². The maximum Gasteiger partial charge on any atom is 0.240 e. The lowest BCUT2D eigenvalue weighted by atomic mass is 9.97. The molecule has 1 aromatic carbocycles. The van der Waals surface area contributed by atoms with Crippen molar-refractivity contribution in [1.29, 1.82) is 0 Å². The zero-order valence-electron chi connectivity index (χ0n) is 12.9. The van der Waals surface area contributed by atoms with Crippen LogP contribution in [0, 0.1) is 5.92 Å². The fraction of sp³-hybridized carbons (Fsp3) is 0.353. The standard InChI is InChI=1S/C17H21N3O2S/c21-23(22,16-6-2-1-3-7-16)19-14-15-9-12-20(13-10-15)17-8-4-5-11-18-17/h1-8,11,15,19H,9-10,12-14H2. The quantitative estimate of drug-likeness (QED) is 0.913. The Morgan fingerprint density at radius 1 is 1.04 bits per heavy atom. The van der Waals surface area contributed by atoms with Gasteiger partial charge in [0.2, 0.25) is 10.0 Å². The van der Waals surface area contributed by atoms with Gasteiger partial charge in [-0.1, -0.05) is 24.3 Å². The minimum absolute atomic E-state index is 0.325. The first-order chi connectivity index (χ1) is 11.1. The van der Waals surface area contributed by atoms with Crippen molar-refractivity contribution in [2.45, 2.75) is 17.7 Å². The summed E-state index contributed by atoms with van der Waals surface area (Å²) in [6.07, 6.45) is 3.73. The normalized spacial score (nSPS) is 16.4. The summed E-state index contributed by atoms with van der Waals surface area (Å²) in [7, 11) is -3.40. The van der Waals surface area contributed by atoms with Crippen LogP contribution in [-0.2, 0) is 10.0 Å². The zero-order chi connectivity index (χ0) is 16.1. The third-order valence-electron chi connectivity index (χ3n) is 4.20. The van der Waals surface area contributed by atoms with Gasteiger partial charge in [0.05, 0.1) is 4.90 Å². The molecule has 0 bridgehead atoms. The Hall–Kier alpha value is -1.92. The summed E-state index contributed by atoms with van der Waals surface area (Å²) >= 11 is 0. The van der Waals surface area contributed by atoms with E-state index in [2.05, 4.69) is 14.6 Å². The molecule has 0 radical (unpaired) electrons. The molecule has 2 aromatic rings. The van der Waals surface area contributed by atoms with Crippen molar-refractivity contribution in [3.63, 3.8) is 0 Å². The van der Waals surface area contributed by atoms with Crippen molar-refractivity contribution >= 4 is 15.8 Å². The summed E-state index contributed by atoms with van der Waals surface area (Å²) in [4.78, 5) is 6.94. The fourth-order valence-electron chi connectivity index (χ4n) is 2.82. The molecular weight excluding hydrogens is 310 g/mol. The first-order valence-corrected chi connectivity index (χ1v) is 9.34. The first-order valence-electron chi connectivity index (χ1n) is 7.86. The van der Waals surface area contributed by atoms with Crippen LogP contribution in [0.2, 0.25) is 0 Å². The molecule has 0 spiro atoms. The van der Waals surface area contributed by atoms with Gasteiger partial charge in [-0.15, -0.1) is 0 Å². The Bertz CT molecular complexity index is 712. The summed E-state index contributed by atoms with van der Waals surface area (Å²) in [5.74, 6) is 1.37. The molecule has 0 atom stereocenters. The van der Waals surface area contributed by atoms with Gasteiger partial charge >= 0.3 is 0 Å². The number of nitrogens with zero attached hydrogens (tertiary/aromatic N) is 2. The van der Waals surface area contributed by atoms with Gasteiger partial charge in [-0.25, -0.2) is 18.1 Å². The van der Waals surface area contributed by atoms with E-state index in [4.69, 9.17) is 0 Å². The second kappa shape index (κ2) is 7.10. The number of pyridine rings is 1. The van der Waals surface area contributed by atoms with Crippen molar-refractivity contribution < 1.29 is 8.42 Å². The molecule has 1 N–H and O–H groups in total. The average molecular weight is 331 g/mol. The van der Waals surface area contributed by atoms with Crippen LogP contribution >= 0.6 is 0 Å². The monoisotopic (exact) mass is 331 g/mol. The highest BCUT2D eigenvalue weighted by atomic mass is 32.2. The van der Waals surface area contributed by atoms with Crippen molar-refractivity contribution in [1.82, 2.24) is 9.71 Å². The zero-order valence-corrected chi connectivity index (χ0v) is 13.7. The molecule has 5 nitrogen and oxygen atoms in total. The molecular formula is C17H21N3O2S. The van der Waals surface area contributed by atoms with Crippen LogP contribution in [-0.4, -0.2) is 33.0 Å². The van der Waals surface area contributed by atoms with E-state index in [1.165, 1.54) is 0 Å². The van der Waals surface area contributed by atoms with E-state index < -0.39 is 10.0 Å². The van der Waals surface area contributed by atoms with Gasteiger partial charge in [-0.2, -0.15) is 0 Å². The van der Waals surface area contributed by atoms with E-state index in [-0.39, 0.29) is 0 Å². The second-order valence-electron chi connectivity index (χ2n) is 5.78. The molecule has 1 saturated heterocycles.